The number of rotatable bonds is 3. The molecule has 0 radical (unpaired) electrons. The number of alkyl halides is 1. The van der Waals surface area contributed by atoms with E-state index < -0.39 is 5.79 Å². The second kappa shape index (κ2) is 4.84. The first-order chi connectivity index (χ1) is 8.05. The molecule has 1 aromatic rings. The van der Waals surface area contributed by atoms with Crippen molar-refractivity contribution in [2.75, 3.05) is 31.5 Å². The van der Waals surface area contributed by atoms with Crippen molar-refractivity contribution in [2.24, 2.45) is 0 Å². The van der Waals surface area contributed by atoms with Gasteiger partial charge < -0.3 is 14.4 Å². The second-order valence-electron chi connectivity index (χ2n) is 4.59. The zero-order valence-corrected chi connectivity index (χ0v) is 11.2. The number of halogens is 1. The molecule has 0 saturated carbocycles. The molecule has 4 heteroatoms. The first-order valence-corrected chi connectivity index (χ1v) is 6.24. The molecule has 2 rings (SSSR count). The van der Waals surface area contributed by atoms with Gasteiger partial charge in [-0.3, -0.25) is 0 Å². The average Bonchev–Trinajstić information content (AvgIpc) is 2.73. The molecular weight excluding hydrogens is 238 g/mol. The highest BCUT2D eigenvalue weighted by Gasteiger charge is 2.38. The highest BCUT2D eigenvalue weighted by atomic mass is 35.5. The lowest BCUT2D eigenvalue weighted by molar-refractivity contribution is -0.159. The Morgan fingerprint density at radius 2 is 2.00 bits per heavy atom. The summed E-state index contributed by atoms with van der Waals surface area (Å²) >= 11 is 5.78. The first-order valence-electron chi connectivity index (χ1n) is 5.71. The maximum Gasteiger partial charge on any atom is 0.192 e. The van der Waals surface area contributed by atoms with E-state index >= 15 is 0 Å². The molecule has 1 aliphatic heterocycles. The van der Waals surface area contributed by atoms with Gasteiger partial charge in [-0.15, -0.1) is 11.6 Å². The minimum absolute atomic E-state index is 0.0183. The lowest BCUT2D eigenvalue weighted by atomic mass is 10.1. The summed E-state index contributed by atoms with van der Waals surface area (Å²) in [4.78, 5) is 2.06. The van der Waals surface area contributed by atoms with Gasteiger partial charge in [-0.05, 0) is 19.1 Å². The van der Waals surface area contributed by atoms with Crippen LogP contribution in [-0.4, -0.2) is 32.7 Å². The fourth-order valence-electron chi connectivity index (χ4n) is 1.93. The quantitative estimate of drug-likeness (QED) is 0.775. The van der Waals surface area contributed by atoms with E-state index in [9.17, 15) is 0 Å². The lowest BCUT2D eigenvalue weighted by Gasteiger charge is -2.24. The average molecular weight is 256 g/mol. The summed E-state index contributed by atoms with van der Waals surface area (Å²) in [7, 11) is 4.03. The molecule has 0 bridgehead atoms. The number of anilines is 1. The van der Waals surface area contributed by atoms with Gasteiger partial charge in [-0.1, -0.05) is 12.1 Å². The minimum atomic E-state index is -0.662. The fraction of sp³-hybridized carbons (Fsp3) is 0.538. The maximum atomic E-state index is 5.82. The molecule has 0 spiro atoms. The topological polar surface area (TPSA) is 21.7 Å². The molecule has 0 N–H and O–H groups in total. The summed E-state index contributed by atoms with van der Waals surface area (Å²) in [6, 6.07) is 8.18. The molecule has 1 saturated heterocycles. The van der Waals surface area contributed by atoms with E-state index in [0.29, 0.717) is 12.5 Å². The SMILES string of the molecule is CN(C)c1ccc(C2(C)OCC(CCl)O2)cc1. The lowest BCUT2D eigenvalue weighted by Crippen LogP contribution is -2.24. The Balaban J connectivity index is 2.17. The van der Waals surface area contributed by atoms with Crippen LogP contribution in [0.2, 0.25) is 0 Å². The third-order valence-electron chi connectivity index (χ3n) is 3.02. The summed E-state index contributed by atoms with van der Waals surface area (Å²) in [6.07, 6.45) is -0.0183. The number of ether oxygens (including phenoxy) is 2. The van der Waals surface area contributed by atoms with Crippen molar-refractivity contribution in [3.05, 3.63) is 29.8 Å². The van der Waals surface area contributed by atoms with Gasteiger partial charge in [0, 0.05) is 25.3 Å². The monoisotopic (exact) mass is 255 g/mol. The van der Waals surface area contributed by atoms with Crippen LogP contribution in [0.4, 0.5) is 5.69 Å². The van der Waals surface area contributed by atoms with E-state index in [4.69, 9.17) is 21.1 Å². The zero-order valence-electron chi connectivity index (χ0n) is 10.4. The summed E-state index contributed by atoms with van der Waals surface area (Å²) < 4.78 is 11.5. The summed E-state index contributed by atoms with van der Waals surface area (Å²) in [5, 5.41) is 0. The molecule has 1 aromatic carbocycles. The Kier molecular flexibility index (Phi) is 3.61. The highest BCUT2D eigenvalue weighted by Crippen LogP contribution is 2.34. The van der Waals surface area contributed by atoms with Gasteiger partial charge in [-0.2, -0.15) is 0 Å². The van der Waals surface area contributed by atoms with Gasteiger partial charge in [0.25, 0.3) is 0 Å². The standard InChI is InChI=1S/C13H18ClNO2/c1-13(16-9-12(8-14)17-13)10-4-6-11(7-5-10)15(2)3/h4-7,12H,8-9H2,1-3H3. The summed E-state index contributed by atoms with van der Waals surface area (Å²) in [5.41, 5.74) is 2.18. The number of hydrogen-bond acceptors (Lipinski definition) is 3. The molecule has 1 aliphatic rings. The molecule has 2 atom stereocenters. The third kappa shape index (κ3) is 2.57. The van der Waals surface area contributed by atoms with Crippen molar-refractivity contribution in [1.29, 1.82) is 0 Å². The number of nitrogens with zero attached hydrogens (tertiary/aromatic N) is 1. The molecule has 2 unspecified atom stereocenters. The molecule has 1 heterocycles. The molecule has 0 amide bonds. The molecule has 0 aromatic heterocycles. The minimum Gasteiger partial charge on any atom is -0.378 e. The van der Waals surface area contributed by atoms with E-state index in [-0.39, 0.29) is 6.10 Å². The van der Waals surface area contributed by atoms with E-state index in [2.05, 4.69) is 17.0 Å². The number of benzene rings is 1. The van der Waals surface area contributed by atoms with Crippen molar-refractivity contribution < 1.29 is 9.47 Å². The Hall–Kier alpha value is -0.770. The van der Waals surface area contributed by atoms with Crippen LogP contribution in [-0.2, 0) is 15.3 Å². The van der Waals surface area contributed by atoms with Crippen LogP contribution in [0.25, 0.3) is 0 Å². The molecular formula is C13H18ClNO2. The van der Waals surface area contributed by atoms with Crippen molar-refractivity contribution in [3.63, 3.8) is 0 Å². The Morgan fingerprint density at radius 1 is 1.35 bits per heavy atom. The van der Waals surface area contributed by atoms with Crippen LogP contribution in [0.15, 0.2) is 24.3 Å². The van der Waals surface area contributed by atoms with E-state index in [0.717, 1.165) is 11.3 Å². The predicted octanol–water partition coefficient (Wildman–Crippen LogP) is 2.58. The fourth-order valence-corrected chi connectivity index (χ4v) is 2.08. The van der Waals surface area contributed by atoms with Crippen LogP contribution >= 0.6 is 11.6 Å². The van der Waals surface area contributed by atoms with E-state index in [1.165, 1.54) is 0 Å². The van der Waals surface area contributed by atoms with E-state index in [1.54, 1.807) is 0 Å². The molecule has 94 valence electrons. The summed E-state index contributed by atoms with van der Waals surface area (Å²) in [5.74, 6) is -0.199. The van der Waals surface area contributed by atoms with Crippen molar-refractivity contribution in [2.45, 2.75) is 18.8 Å². The van der Waals surface area contributed by atoms with Crippen LogP contribution in [0.5, 0.6) is 0 Å². The van der Waals surface area contributed by atoms with Crippen molar-refractivity contribution in [1.82, 2.24) is 0 Å². The molecule has 3 nitrogen and oxygen atoms in total. The normalized spacial score (nSPS) is 28.4. The van der Waals surface area contributed by atoms with Gasteiger partial charge in [0.05, 0.1) is 18.6 Å². The van der Waals surface area contributed by atoms with Gasteiger partial charge >= 0.3 is 0 Å². The largest absolute Gasteiger partial charge is 0.378 e. The smallest absolute Gasteiger partial charge is 0.192 e. The van der Waals surface area contributed by atoms with Crippen LogP contribution < -0.4 is 4.90 Å². The Morgan fingerprint density at radius 3 is 2.47 bits per heavy atom. The highest BCUT2D eigenvalue weighted by molar-refractivity contribution is 6.18. The number of hydrogen-bond donors (Lipinski definition) is 0. The Labute approximate surface area is 107 Å². The molecule has 17 heavy (non-hydrogen) atoms. The first kappa shape index (κ1) is 12.7. The third-order valence-corrected chi connectivity index (χ3v) is 3.36. The summed E-state index contributed by atoms with van der Waals surface area (Å²) in [6.45, 7) is 2.49. The van der Waals surface area contributed by atoms with Crippen LogP contribution in [0.3, 0.4) is 0 Å². The van der Waals surface area contributed by atoms with Crippen LogP contribution in [0, 0.1) is 0 Å². The molecule has 0 aliphatic carbocycles. The molecule has 1 fully saturated rings. The van der Waals surface area contributed by atoms with Gasteiger partial charge in [0.2, 0.25) is 0 Å². The van der Waals surface area contributed by atoms with Crippen LogP contribution in [0.1, 0.15) is 12.5 Å². The zero-order chi connectivity index (χ0) is 12.5. The van der Waals surface area contributed by atoms with Gasteiger partial charge in [-0.25, -0.2) is 0 Å². The Bertz CT molecular complexity index is 380. The predicted molar refractivity (Wildman–Crippen MR) is 69.7 cm³/mol. The van der Waals surface area contributed by atoms with Gasteiger partial charge in [0.15, 0.2) is 5.79 Å². The van der Waals surface area contributed by atoms with Crippen molar-refractivity contribution >= 4 is 17.3 Å². The maximum absolute atomic E-state index is 5.82. The van der Waals surface area contributed by atoms with Gasteiger partial charge in [0.1, 0.15) is 0 Å². The second-order valence-corrected chi connectivity index (χ2v) is 4.90. The van der Waals surface area contributed by atoms with Crippen molar-refractivity contribution in [3.8, 4) is 0 Å². The van der Waals surface area contributed by atoms with E-state index in [1.807, 2.05) is 33.2 Å².